The largest absolute Gasteiger partial charge is 0.480 e. The molecule has 3 unspecified atom stereocenters. The van der Waals surface area contributed by atoms with Crippen molar-refractivity contribution in [2.75, 3.05) is 19.8 Å². The molecule has 0 aromatic rings. The summed E-state index contributed by atoms with van der Waals surface area (Å²) in [6.45, 7) is 5.87. The van der Waals surface area contributed by atoms with Crippen molar-refractivity contribution in [3.05, 3.63) is 0 Å². The Kier molecular flexibility index (Phi) is 25.2. The Balaban J connectivity index is -0.000000133. The monoisotopic (exact) mass is 452 g/mol. The minimum absolute atomic E-state index is 0.156. The highest BCUT2D eigenvalue weighted by Gasteiger charge is 2.24. The zero-order valence-corrected chi connectivity index (χ0v) is 18.5. The molecular formula is C15H32O9S3. The van der Waals surface area contributed by atoms with Crippen molar-refractivity contribution in [2.24, 2.45) is 5.41 Å². The summed E-state index contributed by atoms with van der Waals surface area (Å²) in [5, 5.41) is 48.1. The van der Waals surface area contributed by atoms with E-state index in [0.717, 1.165) is 0 Å². The molecule has 0 rings (SSSR count). The molecule has 12 heteroatoms. The van der Waals surface area contributed by atoms with E-state index in [1.165, 1.54) is 20.8 Å². The fraction of sp³-hybridized carbons (Fsp3) is 0.800. The summed E-state index contributed by atoms with van der Waals surface area (Å²) in [5.74, 6) is -2.63. The van der Waals surface area contributed by atoms with Crippen LogP contribution in [-0.2, 0) is 14.4 Å². The highest BCUT2D eigenvalue weighted by atomic mass is 32.1. The minimum Gasteiger partial charge on any atom is -0.480 e. The number of carboxylic acid groups (broad SMARTS) is 3. The molecule has 0 bridgehead atoms. The van der Waals surface area contributed by atoms with Gasteiger partial charge in [0.1, 0.15) is 0 Å². The van der Waals surface area contributed by atoms with Gasteiger partial charge >= 0.3 is 17.9 Å². The van der Waals surface area contributed by atoms with E-state index in [4.69, 9.17) is 30.6 Å². The molecule has 0 heterocycles. The lowest BCUT2D eigenvalue weighted by Gasteiger charge is -2.24. The van der Waals surface area contributed by atoms with Crippen molar-refractivity contribution in [3.63, 3.8) is 0 Å². The van der Waals surface area contributed by atoms with Crippen LogP contribution in [0.5, 0.6) is 0 Å². The van der Waals surface area contributed by atoms with Crippen LogP contribution in [0, 0.1) is 5.41 Å². The molecule has 0 aliphatic heterocycles. The van der Waals surface area contributed by atoms with Crippen molar-refractivity contribution >= 4 is 55.8 Å². The topological polar surface area (TPSA) is 173 Å². The van der Waals surface area contributed by atoms with Crippen LogP contribution in [0.3, 0.4) is 0 Å². The van der Waals surface area contributed by atoms with Gasteiger partial charge in [-0.15, -0.1) is 0 Å². The lowest BCUT2D eigenvalue weighted by atomic mass is 9.88. The molecule has 0 aliphatic carbocycles. The molecule has 0 amide bonds. The van der Waals surface area contributed by atoms with E-state index >= 15 is 0 Å². The lowest BCUT2D eigenvalue weighted by Crippen LogP contribution is -2.32. The van der Waals surface area contributed by atoms with Crippen LogP contribution < -0.4 is 0 Å². The first-order chi connectivity index (χ1) is 12.2. The summed E-state index contributed by atoms with van der Waals surface area (Å²) in [4.78, 5) is 28.9. The van der Waals surface area contributed by atoms with Crippen LogP contribution in [-0.4, -0.2) is 84.1 Å². The Morgan fingerprint density at radius 3 is 0.852 bits per heavy atom. The number of carbonyl (C=O) groups is 3. The molecule has 0 fully saturated rings. The fourth-order valence-corrected chi connectivity index (χ4v) is 0.485. The number of rotatable bonds is 7. The molecule has 0 aliphatic rings. The number of hydrogen-bond acceptors (Lipinski definition) is 9. The van der Waals surface area contributed by atoms with Crippen LogP contribution in [0.1, 0.15) is 34.1 Å². The number of aliphatic hydroxyl groups is 3. The van der Waals surface area contributed by atoms with E-state index in [2.05, 4.69) is 37.9 Å². The summed E-state index contributed by atoms with van der Waals surface area (Å²) in [6.07, 6.45) is 0.594. The molecular weight excluding hydrogens is 420 g/mol. The molecule has 0 spiro atoms. The summed E-state index contributed by atoms with van der Waals surface area (Å²) in [5.41, 5.74) is -0.667. The van der Waals surface area contributed by atoms with Crippen LogP contribution >= 0.6 is 37.9 Å². The number of aliphatic hydroxyl groups excluding tert-OH is 3. The molecule has 0 aromatic heterocycles. The standard InChI is InChI=1S/C6H14O3.3C3H6O2S/c1-2-6(3-7,4-8)5-9;3*1-2(6)3(4)5/h7-9H,2-5H2,1H3;3*2,6H,1H3,(H,4,5). The van der Waals surface area contributed by atoms with E-state index in [9.17, 15) is 14.4 Å². The van der Waals surface area contributed by atoms with Crippen LogP contribution in [0.4, 0.5) is 0 Å². The predicted octanol–water partition coefficient (Wildman–Crippen LogP) is 0.528. The molecule has 0 aromatic carbocycles. The van der Waals surface area contributed by atoms with Crippen LogP contribution in [0.2, 0.25) is 0 Å². The van der Waals surface area contributed by atoms with Gasteiger partial charge in [0.15, 0.2) is 0 Å². The Morgan fingerprint density at radius 1 is 0.704 bits per heavy atom. The molecule has 164 valence electrons. The van der Waals surface area contributed by atoms with Gasteiger partial charge in [0.05, 0.1) is 35.6 Å². The molecule has 3 atom stereocenters. The van der Waals surface area contributed by atoms with Gasteiger partial charge < -0.3 is 30.6 Å². The molecule has 0 radical (unpaired) electrons. The van der Waals surface area contributed by atoms with E-state index < -0.39 is 39.1 Å². The van der Waals surface area contributed by atoms with Gasteiger partial charge in [-0.1, -0.05) is 6.92 Å². The zero-order chi connectivity index (χ0) is 22.8. The quantitative estimate of drug-likeness (QED) is 0.250. The Hall–Kier alpha value is -0.660. The maximum Gasteiger partial charge on any atom is 0.316 e. The molecule has 0 saturated carbocycles. The summed E-state index contributed by atoms with van der Waals surface area (Å²) < 4.78 is 0. The number of hydrogen-bond donors (Lipinski definition) is 9. The van der Waals surface area contributed by atoms with Crippen molar-refractivity contribution in [1.82, 2.24) is 0 Å². The third-order valence-corrected chi connectivity index (χ3v) is 3.49. The first kappa shape index (κ1) is 33.9. The van der Waals surface area contributed by atoms with E-state index in [1.54, 1.807) is 0 Å². The normalized spacial score (nSPS) is 13.1. The summed E-state index contributed by atoms with van der Waals surface area (Å²) in [6, 6.07) is 0. The Morgan fingerprint density at radius 2 is 0.852 bits per heavy atom. The zero-order valence-electron chi connectivity index (χ0n) is 15.8. The van der Waals surface area contributed by atoms with Crippen molar-refractivity contribution in [2.45, 2.75) is 49.9 Å². The summed E-state index contributed by atoms with van der Waals surface area (Å²) >= 11 is 10.8. The second-order valence-corrected chi connectivity index (χ2v) is 7.69. The van der Waals surface area contributed by atoms with Gasteiger partial charge in [0, 0.05) is 5.41 Å². The van der Waals surface area contributed by atoms with Gasteiger partial charge in [-0.25, -0.2) is 0 Å². The number of carboxylic acids is 3. The molecule has 0 saturated heterocycles. The highest BCUT2D eigenvalue weighted by molar-refractivity contribution is 7.82. The Bertz CT molecular complexity index is 338. The van der Waals surface area contributed by atoms with Crippen LogP contribution in [0.25, 0.3) is 0 Å². The van der Waals surface area contributed by atoms with E-state index in [1.807, 2.05) is 6.92 Å². The SMILES string of the molecule is CC(S)C(=O)O.CC(S)C(=O)O.CC(S)C(=O)O.CCC(CO)(CO)CO. The predicted molar refractivity (Wildman–Crippen MR) is 112 cm³/mol. The van der Waals surface area contributed by atoms with Gasteiger partial charge in [-0.05, 0) is 27.2 Å². The van der Waals surface area contributed by atoms with Crippen molar-refractivity contribution in [3.8, 4) is 0 Å². The third-order valence-electron chi connectivity index (χ3n) is 2.83. The fourth-order valence-electron chi connectivity index (χ4n) is 0.485. The highest BCUT2D eigenvalue weighted by Crippen LogP contribution is 2.18. The average molecular weight is 453 g/mol. The first-order valence-electron chi connectivity index (χ1n) is 7.73. The van der Waals surface area contributed by atoms with Crippen molar-refractivity contribution < 1.29 is 45.0 Å². The van der Waals surface area contributed by atoms with Gasteiger partial charge in [-0.3, -0.25) is 14.4 Å². The molecule has 6 N–H and O–H groups in total. The van der Waals surface area contributed by atoms with Gasteiger partial charge in [0.2, 0.25) is 0 Å². The lowest BCUT2D eigenvalue weighted by molar-refractivity contribution is -0.137. The smallest absolute Gasteiger partial charge is 0.316 e. The van der Waals surface area contributed by atoms with E-state index in [-0.39, 0.29) is 19.8 Å². The average Bonchev–Trinajstić information content (AvgIpc) is 2.58. The molecule has 9 nitrogen and oxygen atoms in total. The van der Waals surface area contributed by atoms with E-state index in [0.29, 0.717) is 6.42 Å². The van der Waals surface area contributed by atoms with Crippen molar-refractivity contribution in [1.29, 1.82) is 0 Å². The third kappa shape index (κ3) is 25.3. The van der Waals surface area contributed by atoms with Gasteiger partial charge in [-0.2, -0.15) is 37.9 Å². The number of aliphatic carboxylic acids is 3. The summed E-state index contributed by atoms with van der Waals surface area (Å²) in [7, 11) is 0. The maximum atomic E-state index is 9.62. The second-order valence-electron chi connectivity index (χ2n) is 5.37. The first-order valence-corrected chi connectivity index (χ1v) is 9.28. The minimum atomic E-state index is -0.877. The number of thiol groups is 3. The Labute approximate surface area is 176 Å². The second kappa shape index (κ2) is 20.1. The molecule has 27 heavy (non-hydrogen) atoms. The van der Waals surface area contributed by atoms with Crippen LogP contribution in [0.15, 0.2) is 0 Å². The maximum absolute atomic E-state index is 9.62. The van der Waals surface area contributed by atoms with Gasteiger partial charge in [0.25, 0.3) is 0 Å².